The third-order valence-corrected chi connectivity index (χ3v) is 4.36. The first-order chi connectivity index (χ1) is 9.70. The van der Waals surface area contributed by atoms with Crippen LogP contribution in [0.4, 0.5) is 0 Å². The van der Waals surface area contributed by atoms with Crippen molar-refractivity contribution in [1.29, 1.82) is 0 Å². The molecule has 1 aliphatic heterocycles. The number of nitrogens with zero attached hydrogens (tertiary/aromatic N) is 3. The molecule has 0 N–H and O–H groups in total. The van der Waals surface area contributed by atoms with E-state index >= 15 is 0 Å². The summed E-state index contributed by atoms with van der Waals surface area (Å²) in [6.07, 6.45) is 1.85. The maximum absolute atomic E-state index is 12.5. The molecule has 0 aliphatic carbocycles. The van der Waals surface area contributed by atoms with E-state index in [-0.39, 0.29) is 11.8 Å². The molecule has 0 aromatic carbocycles. The first-order valence-electron chi connectivity index (χ1n) is 6.52. The summed E-state index contributed by atoms with van der Waals surface area (Å²) in [7, 11) is 3.63. The molecule has 0 bridgehead atoms. The lowest BCUT2D eigenvalue weighted by molar-refractivity contribution is 0.0676. The van der Waals surface area contributed by atoms with Gasteiger partial charge in [-0.25, -0.2) is 0 Å². The minimum absolute atomic E-state index is 0.0851. The van der Waals surface area contributed by atoms with Crippen LogP contribution in [-0.4, -0.2) is 40.8 Å². The Morgan fingerprint density at radius 3 is 3.15 bits per heavy atom. The van der Waals surface area contributed by atoms with Crippen molar-refractivity contribution in [3.05, 3.63) is 39.8 Å². The third-order valence-electron chi connectivity index (χ3n) is 3.68. The van der Waals surface area contributed by atoms with Gasteiger partial charge in [0, 0.05) is 44.1 Å². The molecule has 2 aromatic heterocycles. The zero-order chi connectivity index (χ0) is 14.1. The lowest BCUT2D eigenvalue weighted by Gasteiger charge is -2.32. The summed E-state index contributed by atoms with van der Waals surface area (Å²) >= 11 is 1.54. The van der Waals surface area contributed by atoms with E-state index in [9.17, 15) is 4.79 Å². The Bertz CT molecular complexity index is 606. The fraction of sp³-hybridized carbons (Fsp3) is 0.429. The Hall–Kier alpha value is -1.66. The van der Waals surface area contributed by atoms with E-state index in [2.05, 4.69) is 5.10 Å². The van der Waals surface area contributed by atoms with Crippen LogP contribution in [0.5, 0.6) is 0 Å². The molecule has 0 saturated carbocycles. The Morgan fingerprint density at radius 1 is 1.60 bits per heavy atom. The van der Waals surface area contributed by atoms with Crippen LogP contribution in [0.3, 0.4) is 0 Å². The molecular formula is C14H17N3O2S. The zero-order valence-corrected chi connectivity index (χ0v) is 12.4. The monoisotopic (exact) mass is 291 g/mol. The topological polar surface area (TPSA) is 47.4 Å². The molecule has 5 nitrogen and oxygen atoms in total. The van der Waals surface area contributed by atoms with Crippen molar-refractivity contribution in [1.82, 2.24) is 14.7 Å². The van der Waals surface area contributed by atoms with Crippen molar-refractivity contribution in [2.45, 2.75) is 12.5 Å². The average molecular weight is 291 g/mol. The normalized spacial score (nSPS) is 18.1. The van der Waals surface area contributed by atoms with Crippen molar-refractivity contribution in [2.75, 3.05) is 20.3 Å². The summed E-state index contributed by atoms with van der Waals surface area (Å²) in [5.41, 5.74) is 3.06. The summed E-state index contributed by atoms with van der Waals surface area (Å²) < 4.78 is 7.20. The molecule has 0 spiro atoms. The number of rotatable bonds is 3. The summed E-state index contributed by atoms with van der Waals surface area (Å²) in [5, 5.41) is 8.14. The molecule has 106 valence electrons. The standard InChI is InChI=1S/C14H17N3O2S/c1-16-13-11(5-15-16)6-17(7-12(13)8-19-2)14(18)10-3-4-20-9-10/h3-5,9,12H,6-8H2,1-2H3. The van der Waals surface area contributed by atoms with E-state index in [1.807, 2.05) is 39.7 Å². The van der Waals surface area contributed by atoms with E-state index in [1.165, 1.54) is 5.69 Å². The van der Waals surface area contributed by atoms with Gasteiger partial charge in [0.2, 0.25) is 0 Å². The molecule has 1 aliphatic rings. The van der Waals surface area contributed by atoms with Crippen molar-refractivity contribution < 1.29 is 9.53 Å². The van der Waals surface area contributed by atoms with Crippen LogP contribution in [0.2, 0.25) is 0 Å². The smallest absolute Gasteiger partial charge is 0.255 e. The van der Waals surface area contributed by atoms with E-state index < -0.39 is 0 Å². The van der Waals surface area contributed by atoms with E-state index in [4.69, 9.17) is 4.74 Å². The molecule has 0 saturated heterocycles. The number of hydrogen-bond acceptors (Lipinski definition) is 4. The second-order valence-electron chi connectivity index (χ2n) is 5.03. The molecule has 2 aromatic rings. The van der Waals surface area contributed by atoms with Crippen LogP contribution >= 0.6 is 11.3 Å². The number of aryl methyl sites for hydroxylation is 1. The van der Waals surface area contributed by atoms with Crippen LogP contribution < -0.4 is 0 Å². The lowest BCUT2D eigenvalue weighted by atomic mass is 9.96. The molecule has 3 heterocycles. The van der Waals surface area contributed by atoms with Crippen molar-refractivity contribution in [3.8, 4) is 0 Å². The van der Waals surface area contributed by atoms with Gasteiger partial charge in [0.05, 0.1) is 24.1 Å². The number of ether oxygens (including phenoxy) is 1. The van der Waals surface area contributed by atoms with Gasteiger partial charge in [-0.1, -0.05) is 0 Å². The Balaban J connectivity index is 1.88. The highest BCUT2D eigenvalue weighted by Crippen LogP contribution is 2.29. The second-order valence-corrected chi connectivity index (χ2v) is 5.81. The predicted molar refractivity (Wildman–Crippen MR) is 76.9 cm³/mol. The van der Waals surface area contributed by atoms with Gasteiger partial charge >= 0.3 is 0 Å². The molecule has 0 fully saturated rings. The molecule has 1 amide bonds. The Kier molecular flexibility index (Phi) is 3.58. The van der Waals surface area contributed by atoms with Crippen molar-refractivity contribution >= 4 is 17.2 Å². The first-order valence-corrected chi connectivity index (χ1v) is 7.46. The van der Waals surface area contributed by atoms with E-state index in [1.54, 1.807) is 18.4 Å². The van der Waals surface area contributed by atoms with Crippen LogP contribution in [-0.2, 0) is 18.3 Å². The zero-order valence-electron chi connectivity index (χ0n) is 11.6. The third kappa shape index (κ3) is 2.25. The maximum Gasteiger partial charge on any atom is 0.255 e. The van der Waals surface area contributed by atoms with Gasteiger partial charge in [-0.3, -0.25) is 9.48 Å². The number of aromatic nitrogens is 2. The molecular weight excluding hydrogens is 274 g/mol. The number of carbonyl (C=O) groups is 1. The van der Waals surface area contributed by atoms with Gasteiger partial charge < -0.3 is 9.64 Å². The second kappa shape index (κ2) is 5.38. The summed E-state index contributed by atoms with van der Waals surface area (Å²) in [6, 6.07) is 1.87. The van der Waals surface area contributed by atoms with Gasteiger partial charge in [-0.2, -0.15) is 16.4 Å². The Morgan fingerprint density at radius 2 is 2.45 bits per heavy atom. The highest BCUT2D eigenvalue weighted by molar-refractivity contribution is 7.08. The predicted octanol–water partition coefficient (Wildman–Crippen LogP) is 1.87. The Labute approximate surface area is 121 Å². The van der Waals surface area contributed by atoms with Gasteiger partial charge in [0.25, 0.3) is 5.91 Å². The largest absolute Gasteiger partial charge is 0.384 e. The van der Waals surface area contributed by atoms with Crippen LogP contribution in [0.1, 0.15) is 27.5 Å². The quantitative estimate of drug-likeness (QED) is 0.867. The first kappa shape index (κ1) is 13.3. The minimum Gasteiger partial charge on any atom is -0.384 e. The minimum atomic E-state index is 0.0851. The van der Waals surface area contributed by atoms with Crippen molar-refractivity contribution in [3.63, 3.8) is 0 Å². The highest BCUT2D eigenvalue weighted by atomic mass is 32.1. The molecule has 1 unspecified atom stereocenters. The van der Waals surface area contributed by atoms with Gasteiger partial charge in [-0.05, 0) is 11.4 Å². The number of hydrogen-bond donors (Lipinski definition) is 0. The van der Waals surface area contributed by atoms with Crippen molar-refractivity contribution in [2.24, 2.45) is 7.05 Å². The van der Waals surface area contributed by atoms with Crippen LogP contribution in [0.15, 0.2) is 23.0 Å². The maximum atomic E-state index is 12.5. The van der Waals surface area contributed by atoms with Gasteiger partial charge in [-0.15, -0.1) is 0 Å². The van der Waals surface area contributed by atoms with Crippen LogP contribution in [0, 0.1) is 0 Å². The summed E-state index contributed by atoms with van der Waals surface area (Å²) in [6.45, 7) is 1.90. The average Bonchev–Trinajstić information content (AvgIpc) is 3.08. The van der Waals surface area contributed by atoms with E-state index in [0.29, 0.717) is 19.7 Å². The molecule has 0 radical (unpaired) electrons. The number of fused-ring (bicyclic) bond motifs is 1. The fourth-order valence-electron chi connectivity index (χ4n) is 2.82. The number of methoxy groups -OCH3 is 1. The van der Waals surface area contributed by atoms with Gasteiger partial charge in [0.15, 0.2) is 0 Å². The van der Waals surface area contributed by atoms with Gasteiger partial charge in [0.1, 0.15) is 0 Å². The molecule has 1 atom stereocenters. The molecule has 6 heteroatoms. The molecule has 20 heavy (non-hydrogen) atoms. The lowest BCUT2D eigenvalue weighted by Crippen LogP contribution is -2.39. The van der Waals surface area contributed by atoms with E-state index in [0.717, 1.165) is 11.1 Å². The molecule has 3 rings (SSSR count). The summed E-state index contributed by atoms with van der Waals surface area (Å²) in [5.74, 6) is 0.265. The number of amides is 1. The summed E-state index contributed by atoms with van der Waals surface area (Å²) in [4.78, 5) is 14.4. The van der Waals surface area contributed by atoms with Crippen LogP contribution in [0.25, 0.3) is 0 Å². The number of carbonyl (C=O) groups excluding carboxylic acids is 1. The number of thiophene rings is 1. The fourth-order valence-corrected chi connectivity index (χ4v) is 3.45. The highest BCUT2D eigenvalue weighted by Gasteiger charge is 2.31. The SMILES string of the molecule is COCC1CN(C(=O)c2ccsc2)Cc2cnn(C)c21.